The summed E-state index contributed by atoms with van der Waals surface area (Å²) < 4.78 is 2.12. The number of nitrogen functional groups attached to an aromatic ring is 1. The van der Waals surface area contributed by atoms with E-state index in [2.05, 4.69) is 37.6 Å². The van der Waals surface area contributed by atoms with E-state index in [0.29, 0.717) is 11.9 Å². The number of nitrogens with two attached hydrogens (primary N) is 1. The minimum absolute atomic E-state index is 0.400. The number of aryl methyl sites for hydroxylation is 2. The van der Waals surface area contributed by atoms with Gasteiger partial charge in [-0.15, -0.1) is 0 Å². The second-order valence-corrected chi connectivity index (χ2v) is 5.06. The monoisotopic (exact) mass is 258 g/mol. The standard InChI is InChI=1S/C13H18N6/c1-9-5-10(2)19(17-9)11-3-4-18(8-11)13-7-15-6-12(14)16-13/h5-7,11H,3-4,8H2,1-2H3,(H2,14,16). The molecule has 0 bridgehead atoms. The van der Waals surface area contributed by atoms with Gasteiger partial charge in [0.15, 0.2) is 0 Å². The van der Waals surface area contributed by atoms with Crippen LogP contribution in [0.2, 0.25) is 0 Å². The molecule has 0 aliphatic carbocycles. The molecule has 2 N–H and O–H groups in total. The van der Waals surface area contributed by atoms with Crippen molar-refractivity contribution in [2.45, 2.75) is 26.3 Å². The van der Waals surface area contributed by atoms with Gasteiger partial charge in [0.25, 0.3) is 0 Å². The molecule has 100 valence electrons. The molecule has 3 rings (SSSR count). The van der Waals surface area contributed by atoms with Crippen LogP contribution in [-0.4, -0.2) is 32.8 Å². The smallest absolute Gasteiger partial charge is 0.149 e. The van der Waals surface area contributed by atoms with Gasteiger partial charge in [0.05, 0.1) is 24.1 Å². The van der Waals surface area contributed by atoms with Gasteiger partial charge in [-0.05, 0) is 26.3 Å². The molecule has 6 nitrogen and oxygen atoms in total. The third kappa shape index (κ3) is 2.25. The predicted octanol–water partition coefficient (Wildman–Crippen LogP) is 1.32. The Morgan fingerprint density at radius 2 is 2.16 bits per heavy atom. The van der Waals surface area contributed by atoms with Crippen LogP contribution in [0.4, 0.5) is 11.6 Å². The molecule has 0 radical (unpaired) electrons. The summed E-state index contributed by atoms with van der Waals surface area (Å²) in [5.74, 6) is 1.32. The molecule has 3 heterocycles. The second-order valence-electron chi connectivity index (χ2n) is 5.06. The average molecular weight is 258 g/mol. The van der Waals surface area contributed by atoms with Crippen LogP contribution >= 0.6 is 0 Å². The lowest BCUT2D eigenvalue weighted by atomic mass is 10.2. The van der Waals surface area contributed by atoms with Crippen LogP contribution in [0.5, 0.6) is 0 Å². The average Bonchev–Trinajstić information content (AvgIpc) is 2.96. The highest BCUT2D eigenvalue weighted by molar-refractivity contribution is 5.42. The van der Waals surface area contributed by atoms with Crippen molar-refractivity contribution in [3.8, 4) is 0 Å². The maximum Gasteiger partial charge on any atom is 0.149 e. The van der Waals surface area contributed by atoms with Gasteiger partial charge in [0.2, 0.25) is 0 Å². The maximum absolute atomic E-state index is 5.68. The van der Waals surface area contributed by atoms with Crippen molar-refractivity contribution >= 4 is 11.6 Å². The summed E-state index contributed by atoms with van der Waals surface area (Å²) in [5, 5.41) is 4.57. The molecule has 19 heavy (non-hydrogen) atoms. The zero-order chi connectivity index (χ0) is 13.4. The van der Waals surface area contributed by atoms with Crippen LogP contribution in [0.25, 0.3) is 0 Å². The van der Waals surface area contributed by atoms with Gasteiger partial charge in [-0.3, -0.25) is 9.67 Å². The molecule has 0 amide bonds. The lowest BCUT2D eigenvalue weighted by molar-refractivity contribution is 0.481. The molecule has 1 atom stereocenters. The zero-order valence-electron chi connectivity index (χ0n) is 11.2. The van der Waals surface area contributed by atoms with E-state index >= 15 is 0 Å². The molecular formula is C13H18N6. The summed E-state index contributed by atoms with van der Waals surface area (Å²) in [6.45, 7) is 5.99. The molecule has 0 saturated carbocycles. The first-order valence-corrected chi connectivity index (χ1v) is 6.48. The van der Waals surface area contributed by atoms with Crippen molar-refractivity contribution in [2.24, 2.45) is 0 Å². The minimum atomic E-state index is 0.400. The number of nitrogens with zero attached hydrogens (tertiary/aromatic N) is 5. The van der Waals surface area contributed by atoms with E-state index in [1.54, 1.807) is 12.4 Å². The summed E-state index contributed by atoms with van der Waals surface area (Å²) in [7, 11) is 0. The fourth-order valence-electron chi connectivity index (χ4n) is 2.69. The van der Waals surface area contributed by atoms with E-state index in [1.807, 2.05) is 6.92 Å². The quantitative estimate of drug-likeness (QED) is 0.879. The lowest BCUT2D eigenvalue weighted by Crippen LogP contribution is -2.23. The number of rotatable bonds is 2. The van der Waals surface area contributed by atoms with Crippen LogP contribution in [0, 0.1) is 13.8 Å². The van der Waals surface area contributed by atoms with E-state index in [1.165, 1.54) is 5.69 Å². The number of hydrogen-bond donors (Lipinski definition) is 1. The second kappa shape index (κ2) is 4.53. The molecule has 2 aromatic heterocycles. The molecular weight excluding hydrogens is 240 g/mol. The molecule has 1 saturated heterocycles. The van der Waals surface area contributed by atoms with Gasteiger partial charge < -0.3 is 10.6 Å². The normalized spacial score (nSPS) is 19.1. The van der Waals surface area contributed by atoms with Crippen molar-refractivity contribution in [2.75, 3.05) is 23.7 Å². The SMILES string of the molecule is Cc1cc(C)n(C2CCN(c3cncc(N)n3)C2)n1. The predicted molar refractivity (Wildman–Crippen MR) is 74.0 cm³/mol. The summed E-state index contributed by atoms with van der Waals surface area (Å²) in [6, 6.07) is 2.51. The lowest BCUT2D eigenvalue weighted by Gasteiger charge is -2.18. The topological polar surface area (TPSA) is 72.9 Å². The van der Waals surface area contributed by atoms with Crippen LogP contribution in [0.3, 0.4) is 0 Å². The van der Waals surface area contributed by atoms with Crippen molar-refractivity contribution < 1.29 is 0 Å². The van der Waals surface area contributed by atoms with Crippen molar-refractivity contribution in [3.63, 3.8) is 0 Å². The van der Waals surface area contributed by atoms with Gasteiger partial charge in [-0.25, -0.2) is 4.98 Å². The zero-order valence-corrected chi connectivity index (χ0v) is 11.2. The Hall–Kier alpha value is -2.11. The summed E-state index contributed by atoms with van der Waals surface area (Å²) in [5.41, 5.74) is 7.96. The van der Waals surface area contributed by atoms with Gasteiger partial charge in [0.1, 0.15) is 11.6 Å². The Bertz CT molecular complexity index is 591. The third-order valence-corrected chi connectivity index (χ3v) is 3.52. The van der Waals surface area contributed by atoms with Crippen LogP contribution < -0.4 is 10.6 Å². The van der Waals surface area contributed by atoms with E-state index in [4.69, 9.17) is 5.73 Å². The third-order valence-electron chi connectivity index (χ3n) is 3.52. The van der Waals surface area contributed by atoms with E-state index < -0.39 is 0 Å². The first-order chi connectivity index (χ1) is 9.13. The van der Waals surface area contributed by atoms with Crippen LogP contribution in [0.1, 0.15) is 23.9 Å². The molecule has 0 aromatic carbocycles. The highest BCUT2D eigenvalue weighted by Gasteiger charge is 2.26. The van der Waals surface area contributed by atoms with E-state index in [0.717, 1.165) is 31.0 Å². The Kier molecular flexibility index (Phi) is 2.85. The first-order valence-electron chi connectivity index (χ1n) is 6.48. The van der Waals surface area contributed by atoms with Gasteiger partial charge in [-0.2, -0.15) is 5.10 Å². The summed E-state index contributed by atoms with van der Waals surface area (Å²) in [6.07, 6.45) is 4.40. The molecule has 1 aliphatic heterocycles. The Morgan fingerprint density at radius 3 is 2.84 bits per heavy atom. The Morgan fingerprint density at radius 1 is 1.32 bits per heavy atom. The molecule has 0 spiro atoms. The van der Waals surface area contributed by atoms with Gasteiger partial charge in [-0.1, -0.05) is 0 Å². The molecule has 1 fully saturated rings. The summed E-state index contributed by atoms with van der Waals surface area (Å²) >= 11 is 0. The Balaban J connectivity index is 1.79. The minimum Gasteiger partial charge on any atom is -0.382 e. The number of aromatic nitrogens is 4. The number of anilines is 2. The Labute approximate surface area is 112 Å². The van der Waals surface area contributed by atoms with E-state index in [-0.39, 0.29) is 0 Å². The van der Waals surface area contributed by atoms with Crippen molar-refractivity contribution in [3.05, 3.63) is 29.8 Å². The van der Waals surface area contributed by atoms with Crippen molar-refractivity contribution in [1.29, 1.82) is 0 Å². The fraction of sp³-hybridized carbons (Fsp3) is 0.462. The highest BCUT2D eigenvalue weighted by atomic mass is 15.3. The molecule has 1 unspecified atom stereocenters. The van der Waals surface area contributed by atoms with Crippen LogP contribution in [0.15, 0.2) is 18.5 Å². The van der Waals surface area contributed by atoms with Crippen molar-refractivity contribution in [1.82, 2.24) is 19.7 Å². The maximum atomic E-state index is 5.68. The largest absolute Gasteiger partial charge is 0.382 e. The van der Waals surface area contributed by atoms with E-state index in [9.17, 15) is 0 Å². The van der Waals surface area contributed by atoms with Gasteiger partial charge in [0, 0.05) is 18.8 Å². The van der Waals surface area contributed by atoms with Gasteiger partial charge >= 0.3 is 0 Å². The van der Waals surface area contributed by atoms with Crippen LogP contribution in [-0.2, 0) is 0 Å². The summed E-state index contributed by atoms with van der Waals surface area (Å²) in [4.78, 5) is 10.6. The number of hydrogen-bond acceptors (Lipinski definition) is 5. The molecule has 1 aliphatic rings. The fourth-order valence-corrected chi connectivity index (χ4v) is 2.69. The highest BCUT2D eigenvalue weighted by Crippen LogP contribution is 2.26. The molecule has 2 aromatic rings. The first kappa shape index (κ1) is 12.0. The molecule has 6 heteroatoms.